The Balaban J connectivity index is 1.93. The number of carbonyl (C=O) groups excluding carboxylic acids is 1. The van der Waals surface area contributed by atoms with Gasteiger partial charge in [-0.1, -0.05) is 17.7 Å². The highest BCUT2D eigenvalue weighted by Gasteiger charge is 2.06. The predicted molar refractivity (Wildman–Crippen MR) is 79.2 cm³/mol. The van der Waals surface area contributed by atoms with Crippen LogP contribution in [0.2, 0.25) is 4.34 Å². The summed E-state index contributed by atoms with van der Waals surface area (Å²) in [5, 5.41) is 2.01. The largest absolute Gasteiger partial charge is 0.337 e. The summed E-state index contributed by atoms with van der Waals surface area (Å²) >= 11 is 8.93. The summed E-state index contributed by atoms with van der Waals surface area (Å²) in [6.45, 7) is 0.645. The van der Waals surface area contributed by atoms with Crippen LogP contribution in [-0.2, 0) is 11.3 Å². The number of hydrogen-bond acceptors (Lipinski definition) is 3. The lowest BCUT2D eigenvalue weighted by molar-refractivity contribution is -0.125. The maximum atomic E-state index is 11.9. The first kappa shape index (κ1) is 13.3. The van der Waals surface area contributed by atoms with Crippen molar-refractivity contribution in [3.05, 3.63) is 49.8 Å². The summed E-state index contributed by atoms with van der Waals surface area (Å²) in [5.41, 5.74) is 0. The minimum atomic E-state index is -0.00655. The van der Waals surface area contributed by atoms with Crippen molar-refractivity contribution in [2.45, 2.75) is 6.54 Å². The molecule has 0 saturated carbocycles. The van der Waals surface area contributed by atoms with Crippen molar-refractivity contribution in [3.8, 4) is 0 Å². The Morgan fingerprint density at radius 2 is 2.28 bits per heavy atom. The van der Waals surface area contributed by atoms with E-state index >= 15 is 0 Å². The Bertz CT molecular complexity index is 545. The molecular formula is C13H12ClNOS2. The fourth-order valence-electron chi connectivity index (χ4n) is 1.41. The second-order valence-electron chi connectivity index (χ2n) is 3.75. The molecule has 2 rings (SSSR count). The van der Waals surface area contributed by atoms with Gasteiger partial charge in [0.1, 0.15) is 0 Å². The molecular weight excluding hydrogens is 286 g/mol. The smallest absolute Gasteiger partial charge is 0.246 e. The highest BCUT2D eigenvalue weighted by Crippen LogP contribution is 2.22. The van der Waals surface area contributed by atoms with Gasteiger partial charge in [-0.25, -0.2) is 0 Å². The summed E-state index contributed by atoms with van der Waals surface area (Å²) in [7, 11) is 1.80. The third-order valence-electron chi connectivity index (χ3n) is 2.33. The predicted octanol–water partition coefficient (Wildman–Crippen LogP) is 4.13. The molecule has 94 valence electrons. The van der Waals surface area contributed by atoms with E-state index in [2.05, 4.69) is 0 Å². The molecule has 2 nitrogen and oxygen atoms in total. The summed E-state index contributed by atoms with van der Waals surface area (Å²) in [5.74, 6) is -0.00655. The first-order valence-corrected chi connectivity index (χ1v) is 7.43. The highest BCUT2D eigenvalue weighted by molar-refractivity contribution is 7.17. The van der Waals surface area contributed by atoms with Crippen LogP contribution in [0, 0.1) is 0 Å². The number of thiophene rings is 2. The zero-order valence-corrected chi connectivity index (χ0v) is 12.2. The van der Waals surface area contributed by atoms with E-state index in [0.717, 1.165) is 9.21 Å². The van der Waals surface area contributed by atoms with Crippen LogP contribution in [-0.4, -0.2) is 17.9 Å². The van der Waals surface area contributed by atoms with Gasteiger partial charge in [-0.2, -0.15) is 0 Å². The van der Waals surface area contributed by atoms with E-state index in [1.54, 1.807) is 35.4 Å². The van der Waals surface area contributed by atoms with Crippen LogP contribution in [0.5, 0.6) is 0 Å². The molecule has 0 fully saturated rings. The van der Waals surface area contributed by atoms with E-state index < -0.39 is 0 Å². The molecule has 0 atom stereocenters. The molecule has 0 N–H and O–H groups in total. The molecule has 0 aromatic carbocycles. The van der Waals surface area contributed by atoms with Crippen LogP contribution in [0.25, 0.3) is 6.08 Å². The van der Waals surface area contributed by atoms with Crippen LogP contribution >= 0.6 is 34.3 Å². The van der Waals surface area contributed by atoms with Crippen LogP contribution in [0.3, 0.4) is 0 Å². The normalized spacial score (nSPS) is 11.0. The van der Waals surface area contributed by atoms with Gasteiger partial charge in [0.2, 0.25) is 5.91 Å². The van der Waals surface area contributed by atoms with E-state index in [0.29, 0.717) is 6.54 Å². The van der Waals surface area contributed by atoms with Crippen LogP contribution < -0.4 is 0 Å². The standard InChI is InChI=1S/C13H12ClNOS2/c1-15(9-11-3-2-8-17-11)13(16)7-5-10-4-6-12(14)18-10/h2-8H,9H2,1H3. The van der Waals surface area contributed by atoms with E-state index in [1.165, 1.54) is 16.2 Å². The molecule has 0 unspecified atom stereocenters. The molecule has 5 heteroatoms. The van der Waals surface area contributed by atoms with Crippen molar-refractivity contribution in [2.24, 2.45) is 0 Å². The molecule has 0 aliphatic rings. The molecule has 0 aliphatic carbocycles. The molecule has 2 aromatic rings. The number of likely N-dealkylation sites (N-methyl/N-ethyl adjacent to an activating group) is 1. The van der Waals surface area contributed by atoms with Gasteiger partial charge in [-0.15, -0.1) is 22.7 Å². The van der Waals surface area contributed by atoms with Gasteiger partial charge >= 0.3 is 0 Å². The SMILES string of the molecule is CN(Cc1cccs1)C(=O)C=Cc1ccc(Cl)s1. The topological polar surface area (TPSA) is 20.3 Å². The van der Waals surface area contributed by atoms with Crippen molar-refractivity contribution in [1.29, 1.82) is 0 Å². The lowest BCUT2D eigenvalue weighted by atomic mass is 10.3. The highest BCUT2D eigenvalue weighted by atomic mass is 35.5. The molecule has 2 aromatic heterocycles. The number of amides is 1. The monoisotopic (exact) mass is 297 g/mol. The number of nitrogens with zero attached hydrogens (tertiary/aromatic N) is 1. The molecule has 18 heavy (non-hydrogen) atoms. The second kappa shape index (κ2) is 6.18. The van der Waals surface area contributed by atoms with Crippen LogP contribution in [0.1, 0.15) is 9.75 Å². The number of halogens is 1. The fourth-order valence-corrected chi connectivity index (χ4v) is 3.13. The second-order valence-corrected chi connectivity index (χ2v) is 6.53. The van der Waals surface area contributed by atoms with Crippen molar-refractivity contribution < 1.29 is 4.79 Å². The summed E-state index contributed by atoms with van der Waals surface area (Å²) in [6.07, 6.45) is 3.37. The fraction of sp³-hybridized carbons (Fsp3) is 0.154. The van der Waals surface area contributed by atoms with E-state index in [-0.39, 0.29) is 5.91 Å². The Kier molecular flexibility index (Phi) is 4.58. The van der Waals surface area contributed by atoms with Crippen molar-refractivity contribution in [2.75, 3.05) is 7.05 Å². The van der Waals surface area contributed by atoms with Gasteiger partial charge in [0.15, 0.2) is 0 Å². The molecule has 2 heterocycles. The lowest BCUT2D eigenvalue weighted by Gasteiger charge is -2.13. The molecule has 0 aliphatic heterocycles. The van der Waals surface area contributed by atoms with E-state index in [1.807, 2.05) is 29.6 Å². The van der Waals surface area contributed by atoms with Gasteiger partial charge in [0.25, 0.3) is 0 Å². The molecule has 0 spiro atoms. The average molecular weight is 298 g/mol. The molecule has 1 amide bonds. The number of hydrogen-bond donors (Lipinski definition) is 0. The molecule has 0 bridgehead atoms. The Labute approximate surface area is 119 Å². The van der Waals surface area contributed by atoms with Gasteiger partial charge in [-0.05, 0) is 29.7 Å². The summed E-state index contributed by atoms with van der Waals surface area (Å²) in [4.78, 5) is 15.7. The minimum absolute atomic E-state index is 0.00655. The maximum absolute atomic E-state index is 11.9. The van der Waals surface area contributed by atoms with E-state index in [4.69, 9.17) is 11.6 Å². The maximum Gasteiger partial charge on any atom is 0.246 e. The average Bonchev–Trinajstić information content (AvgIpc) is 2.97. The Morgan fingerprint density at radius 3 is 2.89 bits per heavy atom. The van der Waals surface area contributed by atoms with Crippen molar-refractivity contribution >= 4 is 46.3 Å². The van der Waals surface area contributed by atoms with Gasteiger partial charge in [-0.3, -0.25) is 4.79 Å². The molecule has 0 saturated heterocycles. The molecule has 0 radical (unpaired) electrons. The van der Waals surface area contributed by atoms with Crippen LogP contribution in [0.4, 0.5) is 0 Å². The van der Waals surface area contributed by atoms with Gasteiger partial charge in [0, 0.05) is 22.9 Å². The van der Waals surface area contributed by atoms with Gasteiger partial charge < -0.3 is 4.90 Å². The third-order valence-corrected chi connectivity index (χ3v) is 4.39. The Hall–Kier alpha value is -1.10. The zero-order valence-electron chi connectivity index (χ0n) is 9.80. The first-order valence-electron chi connectivity index (χ1n) is 5.36. The van der Waals surface area contributed by atoms with Crippen molar-refractivity contribution in [1.82, 2.24) is 4.90 Å². The minimum Gasteiger partial charge on any atom is -0.337 e. The van der Waals surface area contributed by atoms with Crippen LogP contribution in [0.15, 0.2) is 35.7 Å². The summed E-state index contributed by atoms with van der Waals surface area (Å²) in [6, 6.07) is 7.74. The number of rotatable bonds is 4. The number of carbonyl (C=O) groups is 1. The summed E-state index contributed by atoms with van der Waals surface area (Å²) < 4.78 is 0.731. The lowest BCUT2D eigenvalue weighted by Crippen LogP contribution is -2.23. The van der Waals surface area contributed by atoms with Gasteiger partial charge in [0.05, 0.1) is 10.9 Å². The van der Waals surface area contributed by atoms with Crippen molar-refractivity contribution in [3.63, 3.8) is 0 Å². The quantitative estimate of drug-likeness (QED) is 0.777. The Morgan fingerprint density at radius 1 is 1.44 bits per heavy atom. The van der Waals surface area contributed by atoms with E-state index in [9.17, 15) is 4.79 Å². The first-order chi connectivity index (χ1) is 8.65. The zero-order chi connectivity index (χ0) is 13.0. The third kappa shape index (κ3) is 3.70.